The first-order valence-corrected chi connectivity index (χ1v) is 8.39. The van der Waals surface area contributed by atoms with Crippen LogP contribution in [0.4, 0.5) is 0 Å². The van der Waals surface area contributed by atoms with Gasteiger partial charge < -0.3 is 14.9 Å². The molecule has 1 aromatic rings. The van der Waals surface area contributed by atoms with Gasteiger partial charge in [0.1, 0.15) is 17.6 Å². The number of allylic oxidation sites excluding steroid dienone is 2. The Morgan fingerprint density at radius 2 is 1.92 bits per heavy atom. The molecule has 1 rings (SSSR count). The van der Waals surface area contributed by atoms with Crippen LogP contribution in [0.1, 0.15) is 51.2 Å². The molecule has 0 heterocycles. The molecule has 0 spiro atoms. The van der Waals surface area contributed by atoms with Crippen molar-refractivity contribution < 1.29 is 14.9 Å². The molecule has 0 aromatic heterocycles. The lowest BCUT2D eigenvalue weighted by molar-refractivity contribution is 0.145. The average Bonchev–Trinajstić information content (AvgIpc) is 2.54. The van der Waals surface area contributed by atoms with E-state index >= 15 is 0 Å². The van der Waals surface area contributed by atoms with E-state index in [0.29, 0.717) is 17.7 Å². The normalized spacial score (nSPS) is 12.6. The van der Waals surface area contributed by atoms with E-state index < -0.39 is 0 Å². The first-order valence-electron chi connectivity index (χ1n) is 8.39. The number of benzene rings is 1. The number of aliphatic hydroxyl groups is 2. The van der Waals surface area contributed by atoms with Gasteiger partial charge in [-0.2, -0.15) is 0 Å². The molecule has 0 aliphatic heterocycles. The van der Waals surface area contributed by atoms with Crippen LogP contribution in [0.25, 0.3) is 11.2 Å². The molecular weight excluding hydrogens is 299 g/mol. The molecule has 2 N–H and O–H groups in total. The van der Waals surface area contributed by atoms with Crippen molar-refractivity contribution in [1.82, 2.24) is 0 Å². The molecule has 0 saturated heterocycles. The van der Waals surface area contributed by atoms with Crippen molar-refractivity contribution in [1.29, 1.82) is 0 Å². The van der Waals surface area contributed by atoms with Crippen LogP contribution in [-0.2, 0) is 0 Å². The zero-order chi connectivity index (χ0) is 18.1. The van der Waals surface area contributed by atoms with Gasteiger partial charge in [-0.1, -0.05) is 38.4 Å². The Hall–Kier alpha value is -1.94. The first-order chi connectivity index (χ1) is 11.4. The van der Waals surface area contributed by atoms with Crippen molar-refractivity contribution >= 4 is 18.5 Å². The maximum Gasteiger partial charge on any atom is 0.184 e. The molecule has 0 saturated carbocycles. The number of rotatable bonds is 10. The van der Waals surface area contributed by atoms with Crippen LogP contribution in [0.15, 0.2) is 42.9 Å². The third-order valence-corrected chi connectivity index (χ3v) is 3.83. The summed E-state index contributed by atoms with van der Waals surface area (Å²) in [6.45, 7) is 13.9. The highest BCUT2D eigenvalue weighted by atomic mass is 16.5. The summed E-state index contributed by atoms with van der Waals surface area (Å²) >= 11 is 0. The summed E-state index contributed by atoms with van der Waals surface area (Å²) < 4.78 is 6.03. The highest BCUT2D eigenvalue weighted by Gasteiger charge is 2.13. The Bertz CT molecular complexity index is 599. The van der Waals surface area contributed by atoms with E-state index in [1.807, 2.05) is 39.3 Å². The Labute approximate surface area is 146 Å². The molecule has 1 atom stereocenters. The molecule has 0 fully saturated rings. The smallest absolute Gasteiger partial charge is 0.184 e. The monoisotopic (exact) mass is 327 g/mol. The number of ether oxygens (including phenoxy) is 1. The Balaban J connectivity index is 3.11. The number of aliphatic hydroxyl groups excluding tert-OH is 2. The van der Waals surface area contributed by atoms with Gasteiger partial charge in [0.05, 0.1) is 0 Å². The van der Waals surface area contributed by atoms with E-state index in [1.54, 1.807) is 6.07 Å². The predicted octanol–water partition coefficient (Wildman–Crippen LogP) is 4.74. The molecule has 4 heteroatoms. The third kappa shape index (κ3) is 6.28. The van der Waals surface area contributed by atoms with E-state index in [9.17, 15) is 10.2 Å². The lowest BCUT2D eigenvalue weighted by Gasteiger charge is -2.19. The summed E-state index contributed by atoms with van der Waals surface area (Å²) in [5.41, 5.74) is 3.43. The summed E-state index contributed by atoms with van der Waals surface area (Å²) in [5, 5.41) is 19.0. The summed E-state index contributed by atoms with van der Waals surface area (Å²) in [6, 6.07) is 5.52. The molecule has 129 valence electrons. The molecule has 0 aliphatic rings. The summed E-state index contributed by atoms with van der Waals surface area (Å²) in [5.74, 6) is 0.642. The quantitative estimate of drug-likeness (QED) is 0.482. The molecule has 1 aromatic carbocycles. The second kappa shape index (κ2) is 10.0. The van der Waals surface area contributed by atoms with Gasteiger partial charge in [0.2, 0.25) is 0 Å². The summed E-state index contributed by atoms with van der Waals surface area (Å²) in [6.07, 6.45) is 4.38. The van der Waals surface area contributed by atoms with Gasteiger partial charge in [-0.25, -0.2) is 0 Å². The van der Waals surface area contributed by atoms with Gasteiger partial charge in [0.15, 0.2) is 7.28 Å². The highest BCUT2D eigenvalue weighted by Crippen LogP contribution is 2.27. The maximum atomic E-state index is 9.78. The molecule has 1 unspecified atom stereocenters. The van der Waals surface area contributed by atoms with Crippen LogP contribution in [0.2, 0.25) is 0 Å². The van der Waals surface area contributed by atoms with Crippen molar-refractivity contribution in [3.63, 3.8) is 0 Å². The topological polar surface area (TPSA) is 49.7 Å². The van der Waals surface area contributed by atoms with Gasteiger partial charge >= 0.3 is 0 Å². The van der Waals surface area contributed by atoms with E-state index in [1.165, 1.54) is 0 Å². The van der Waals surface area contributed by atoms with E-state index in [-0.39, 0.29) is 18.5 Å². The van der Waals surface area contributed by atoms with Gasteiger partial charge in [0.25, 0.3) is 0 Å². The SMILES string of the molecule is C=C(O)c1cc(OC(CCC)CCO)cc(C(=C)[B]/C(C)=C\C)c1. The highest BCUT2D eigenvalue weighted by molar-refractivity contribution is 6.67. The Kier molecular flexibility index (Phi) is 8.41. The molecule has 3 nitrogen and oxygen atoms in total. The van der Waals surface area contributed by atoms with Gasteiger partial charge in [-0.3, -0.25) is 0 Å². The van der Waals surface area contributed by atoms with Crippen molar-refractivity contribution in [2.24, 2.45) is 0 Å². The van der Waals surface area contributed by atoms with Crippen LogP contribution in [0, 0.1) is 0 Å². The minimum Gasteiger partial charge on any atom is -0.508 e. The number of hydrogen-bond donors (Lipinski definition) is 2. The van der Waals surface area contributed by atoms with Crippen LogP contribution >= 0.6 is 0 Å². The average molecular weight is 327 g/mol. The maximum absolute atomic E-state index is 9.78. The number of hydrogen-bond acceptors (Lipinski definition) is 3. The minimum absolute atomic E-state index is 0.00791. The third-order valence-electron chi connectivity index (χ3n) is 3.83. The minimum atomic E-state index is -0.0513. The summed E-state index contributed by atoms with van der Waals surface area (Å²) in [4.78, 5) is 0. The fourth-order valence-corrected chi connectivity index (χ4v) is 2.38. The van der Waals surface area contributed by atoms with Crippen LogP contribution in [0.3, 0.4) is 0 Å². The molecule has 0 bridgehead atoms. The zero-order valence-electron chi connectivity index (χ0n) is 15.0. The Morgan fingerprint density at radius 3 is 2.46 bits per heavy atom. The van der Waals surface area contributed by atoms with Crippen LogP contribution < -0.4 is 4.74 Å². The summed E-state index contributed by atoms with van der Waals surface area (Å²) in [7, 11) is 1.99. The molecule has 1 radical (unpaired) electrons. The van der Waals surface area contributed by atoms with Gasteiger partial charge in [0, 0.05) is 18.6 Å². The molecule has 0 aliphatic carbocycles. The molecule has 0 amide bonds. The largest absolute Gasteiger partial charge is 0.508 e. The van der Waals surface area contributed by atoms with E-state index in [4.69, 9.17) is 4.74 Å². The predicted molar refractivity (Wildman–Crippen MR) is 103 cm³/mol. The van der Waals surface area contributed by atoms with Gasteiger partial charge in [-0.05, 0) is 37.1 Å². The second-order valence-corrected chi connectivity index (χ2v) is 5.94. The second-order valence-electron chi connectivity index (χ2n) is 5.94. The van der Waals surface area contributed by atoms with Crippen molar-refractivity contribution in [3.05, 3.63) is 54.0 Å². The Morgan fingerprint density at radius 1 is 1.25 bits per heavy atom. The van der Waals surface area contributed by atoms with Crippen molar-refractivity contribution in [2.75, 3.05) is 6.61 Å². The van der Waals surface area contributed by atoms with Crippen molar-refractivity contribution in [3.8, 4) is 5.75 Å². The zero-order valence-corrected chi connectivity index (χ0v) is 15.0. The van der Waals surface area contributed by atoms with E-state index in [2.05, 4.69) is 20.1 Å². The van der Waals surface area contributed by atoms with Gasteiger partial charge in [-0.15, -0.1) is 12.1 Å². The van der Waals surface area contributed by atoms with E-state index in [0.717, 1.165) is 29.4 Å². The standard InChI is InChI=1S/C20H28BO3/c1-6-8-19(9-10-22)24-20-12-17(11-18(13-20)16(5)23)15(4)21-14(3)7-2/h7,11-13,19,22-23H,4-6,8-10H2,1-3H3/b14-7-. The molecular formula is C20H28BO3. The lowest BCUT2D eigenvalue weighted by Crippen LogP contribution is -2.18. The fraction of sp³-hybridized carbons (Fsp3) is 0.400. The molecule has 24 heavy (non-hydrogen) atoms. The van der Waals surface area contributed by atoms with Crippen LogP contribution in [-0.4, -0.2) is 30.2 Å². The van der Waals surface area contributed by atoms with Crippen LogP contribution in [0.5, 0.6) is 5.75 Å². The van der Waals surface area contributed by atoms with Crippen molar-refractivity contribution in [2.45, 2.75) is 46.1 Å². The first kappa shape index (κ1) is 20.1. The lowest BCUT2D eigenvalue weighted by atomic mass is 9.61. The fourth-order valence-electron chi connectivity index (χ4n) is 2.38.